The van der Waals surface area contributed by atoms with E-state index >= 15 is 0 Å². The van der Waals surface area contributed by atoms with Crippen LogP contribution >= 0.6 is 0 Å². The summed E-state index contributed by atoms with van der Waals surface area (Å²) in [6.07, 6.45) is 3.65. The number of hydrogen-bond donors (Lipinski definition) is 0. The molecule has 1 aliphatic heterocycles. The lowest BCUT2D eigenvalue weighted by molar-refractivity contribution is 0.0832. The zero-order valence-corrected chi connectivity index (χ0v) is 12.3. The van der Waals surface area contributed by atoms with E-state index in [0.717, 1.165) is 49.1 Å². The van der Waals surface area contributed by atoms with Gasteiger partial charge in [0.1, 0.15) is 23.7 Å². The van der Waals surface area contributed by atoms with Crippen LogP contribution in [-0.4, -0.2) is 42.2 Å². The summed E-state index contributed by atoms with van der Waals surface area (Å²) in [6, 6.07) is 5.70. The summed E-state index contributed by atoms with van der Waals surface area (Å²) in [4.78, 5) is 0. The van der Waals surface area contributed by atoms with Crippen LogP contribution in [0.4, 0.5) is 0 Å². The van der Waals surface area contributed by atoms with Gasteiger partial charge in [0.05, 0.1) is 19.9 Å². The molecule has 1 saturated heterocycles. The molecule has 0 saturated carbocycles. The summed E-state index contributed by atoms with van der Waals surface area (Å²) in [5.41, 5.74) is 0.892. The number of nitrogens with zero attached hydrogens (tertiary/aromatic N) is 3. The van der Waals surface area contributed by atoms with Gasteiger partial charge in [-0.2, -0.15) is 0 Å². The third-order valence-corrected chi connectivity index (χ3v) is 3.81. The first-order valence-corrected chi connectivity index (χ1v) is 7.03. The summed E-state index contributed by atoms with van der Waals surface area (Å²) in [6.45, 7) is 1.54. The molecule has 0 N–H and O–H groups in total. The molecule has 1 aromatic heterocycles. The molecule has 6 heteroatoms. The van der Waals surface area contributed by atoms with E-state index in [9.17, 15) is 0 Å². The van der Waals surface area contributed by atoms with Crippen LogP contribution < -0.4 is 9.47 Å². The highest BCUT2D eigenvalue weighted by Gasteiger charge is 2.23. The van der Waals surface area contributed by atoms with Crippen molar-refractivity contribution in [3.63, 3.8) is 0 Å². The first kappa shape index (κ1) is 13.9. The Hall–Kier alpha value is -2.08. The minimum atomic E-state index is 0.358. The van der Waals surface area contributed by atoms with Crippen LogP contribution in [0.5, 0.6) is 11.5 Å². The molecule has 6 nitrogen and oxygen atoms in total. The van der Waals surface area contributed by atoms with Gasteiger partial charge in [0.15, 0.2) is 0 Å². The van der Waals surface area contributed by atoms with Crippen LogP contribution in [-0.2, 0) is 4.74 Å². The molecule has 1 aromatic carbocycles. The molecule has 0 unspecified atom stereocenters. The second-order valence-electron chi connectivity index (χ2n) is 4.98. The zero-order valence-electron chi connectivity index (χ0n) is 12.3. The molecule has 21 heavy (non-hydrogen) atoms. The van der Waals surface area contributed by atoms with Gasteiger partial charge in [0, 0.05) is 25.2 Å². The van der Waals surface area contributed by atoms with Crippen molar-refractivity contribution in [2.24, 2.45) is 0 Å². The van der Waals surface area contributed by atoms with Crippen LogP contribution in [0.15, 0.2) is 24.5 Å². The summed E-state index contributed by atoms with van der Waals surface area (Å²) >= 11 is 0. The quantitative estimate of drug-likeness (QED) is 0.863. The van der Waals surface area contributed by atoms with E-state index in [1.807, 2.05) is 22.8 Å². The fraction of sp³-hybridized carbons (Fsp3) is 0.467. The van der Waals surface area contributed by atoms with Crippen LogP contribution in [0.1, 0.15) is 24.6 Å². The number of rotatable bonds is 4. The zero-order chi connectivity index (χ0) is 14.7. The van der Waals surface area contributed by atoms with Crippen LogP contribution in [0.25, 0.3) is 5.69 Å². The first-order chi connectivity index (χ1) is 10.3. The smallest absolute Gasteiger partial charge is 0.143 e. The fourth-order valence-corrected chi connectivity index (χ4v) is 2.65. The van der Waals surface area contributed by atoms with E-state index in [4.69, 9.17) is 14.2 Å². The van der Waals surface area contributed by atoms with Gasteiger partial charge in [-0.3, -0.25) is 4.57 Å². The van der Waals surface area contributed by atoms with Crippen molar-refractivity contribution in [2.45, 2.75) is 18.8 Å². The molecule has 112 valence electrons. The van der Waals surface area contributed by atoms with E-state index in [0.29, 0.717) is 5.92 Å². The molecular formula is C15H19N3O3. The molecule has 2 aromatic rings. The number of aromatic nitrogens is 3. The monoisotopic (exact) mass is 289 g/mol. The molecule has 1 fully saturated rings. The second-order valence-corrected chi connectivity index (χ2v) is 4.98. The van der Waals surface area contributed by atoms with Crippen LogP contribution in [0.3, 0.4) is 0 Å². The fourth-order valence-electron chi connectivity index (χ4n) is 2.65. The average molecular weight is 289 g/mol. The van der Waals surface area contributed by atoms with E-state index in [1.54, 1.807) is 20.5 Å². The molecule has 0 bridgehead atoms. The van der Waals surface area contributed by atoms with E-state index < -0.39 is 0 Å². The lowest BCUT2D eigenvalue weighted by atomic mass is 9.99. The number of methoxy groups -OCH3 is 2. The van der Waals surface area contributed by atoms with Crippen molar-refractivity contribution in [1.29, 1.82) is 0 Å². The normalized spacial score (nSPS) is 15.9. The third kappa shape index (κ3) is 2.71. The Kier molecular flexibility index (Phi) is 4.06. The molecule has 0 atom stereocenters. The number of benzene rings is 1. The van der Waals surface area contributed by atoms with E-state index in [2.05, 4.69) is 10.2 Å². The Labute approximate surface area is 123 Å². The minimum absolute atomic E-state index is 0.358. The Bertz CT molecular complexity index is 606. The van der Waals surface area contributed by atoms with Crippen molar-refractivity contribution >= 4 is 0 Å². The Morgan fingerprint density at radius 3 is 2.71 bits per heavy atom. The maximum atomic E-state index is 5.45. The standard InChI is InChI=1S/C15H19N3O3/c1-19-12-3-4-14(20-2)13(9-12)18-10-16-17-15(18)11-5-7-21-8-6-11/h3-4,9-11H,5-8H2,1-2H3. The van der Waals surface area contributed by atoms with Gasteiger partial charge in [-0.15, -0.1) is 10.2 Å². The summed E-state index contributed by atoms with van der Waals surface area (Å²) in [5, 5.41) is 8.39. The molecule has 3 rings (SSSR count). The van der Waals surface area contributed by atoms with Gasteiger partial charge in [0.25, 0.3) is 0 Å². The van der Waals surface area contributed by atoms with Crippen LogP contribution in [0, 0.1) is 0 Å². The van der Waals surface area contributed by atoms with Crippen LogP contribution in [0.2, 0.25) is 0 Å². The van der Waals surface area contributed by atoms with Crippen molar-refractivity contribution < 1.29 is 14.2 Å². The molecule has 0 amide bonds. The van der Waals surface area contributed by atoms with Gasteiger partial charge in [-0.05, 0) is 25.0 Å². The van der Waals surface area contributed by atoms with Gasteiger partial charge in [-0.25, -0.2) is 0 Å². The van der Waals surface area contributed by atoms with Gasteiger partial charge in [0.2, 0.25) is 0 Å². The van der Waals surface area contributed by atoms with Crippen molar-refractivity contribution in [1.82, 2.24) is 14.8 Å². The molecule has 1 aliphatic rings. The Balaban J connectivity index is 2.02. The largest absolute Gasteiger partial charge is 0.497 e. The summed E-state index contributed by atoms with van der Waals surface area (Å²) in [7, 11) is 3.31. The first-order valence-electron chi connectivity index (χ1n) is 7.03. The highest BCUT2D eigenvalue weighted by Crippen LogP contribution is 2.32. The van der Waals surface area contributed by atoms with Gasteiger partial charge in [-0.1, -0.05) is 0 Å². The summed E-state index contributed by atoms with van der Waals surface area (Å²) in [5.74, 6) is 2.85. The lowest BCUT2D eigenvalue weighted by Gasteiger charge is -2.22. The van der Waals surface area contributed by atoms with Crippen molar-refractivity contribution in [2.75, 3.05) is 27.4 Å². The predicted molar refractivity (Wildman–Crippen MR) is 77.3 cm³/mol. The topological polar surface area (TPSA) is 58.4 Å². The maximum Gasteiger partial charge on any atom is 0.143 e. The van der Waals surface area contributed by atoms with Crippen molar-refractivity contribution in [3.8, 4) is 17.2 Å². The summed E-state index contributed by atoms with van der Waals surface area (Å²) < 4.78 is 18.2. The van der Waals surface area contributed by atoms with Gasteiger partial charge >= 0.3 is 0 Å². The van der Waals surface area contributed by atoms with Crippen molar-refractivity contribution in [3.05, 3.63) is 30.4 Å². The Morgan fingerprint density at radius 2 is 2.00 bits per heavy atom. The highest BCUT2D eigenvalue weighted by atomic mass is 16.5. The lowest BCUT2D eigenvalue weighted by Crippen LogP contribution is -2.17. The minimum Gasteiger partial charge on any atom is -0.497 e. The number of ether oxygens (including phenoxy) is 3. The third-order valence-electron chi connectivity index (χ3n) is 3.81. The highest BCUT2D eigenvalue weighted by molar-refractivity contribution is 5.51. The molecule has 0 aliphatic carbocycles. The maximum absolute atomic E-state index is 5.45. The molecule has 0 spiro atoms. The van der Waals surface area contributed by atoms with E-state index in [-0.39, 0.29) is 0 Å². The average Bonchev–Trinajstić information content (AvgIpc) is 3.04. The predicted octanol–water partition coefficient (Wildman–Crippen LogP) is 2.18. The molecule has 0 radical (unpaired) electrons. The molecule has 2 heterocycles. The molecular weight excluding hydrogens is 270 g/mol. The Morgan fingerprint density at radius 1 is 1.19 bits per heavy atom. The number of hydrogen-bond acceptors (Lipinski definition) is 5. The van der Waals surface area contributed by atoms with Gasteiger partial charge < -0.3 is 14.2 Å². The SMILES string of the molecule is COc1ccc(OC)c(-n2cnnc2C2CCOCC2)c1. The second kappa shape index (κ2) is 6.13. The van der Waals surface area contributed by atoms with E-state index in [1.165, 1.54) is 0 Å².